The molecule has 0 amide bonds. The van der Waals surface area contributed by atoms with Crippen LogP contribution in [0.15, 0.2) is 30.5 Å². The second-order valence-corrected chi connectivity index (χ2v) is 5.16. The van der Waals surface area contributed by atoms with E-state index in [0.29, 0.717) is 0 Å². The van der Waals surface area contributed by atoms with Gasteiger partial charge in [-0.3, -0.25) is 0 Å². The molecule has 1 N–H and O–H groups in total. The quantitative estimate of drug-likeness (QED) is 0.910. The Bertz CT molecular complexity index is 560. The number of imidazole rings is 1. The maximum absolute atomic E-state index is 12.9. The summed E-state index contributed by atoms with van der Waals surface area (Å²) in [6.45, 7) is 2.78. The lowest BCUT2D eigenvalue weighted by Gasteiger charge is -2.16. The Morgan fingerprint density at radius 2 is 1.95 bits per heavy atom. The van der Waals surface area contributed by atoms with E-state index in [2.05, 4.69) is 21.8 Å². The third-order valence-electron chi connectivity index (χ3n) is 3.42. The van der Waals surface area contributed by atoms with Crippen LogP contribution in [-0.2, 0) is 13.6 Å². The van der Waals surface area contributed by atoms with E-state index in [9.17, 15) is 4.39 Å². The lowest BCUT2D eigenvalue weighted by Crippen LogP contribution is -2.20. The van der Waals surface area contributed by atoms with Crippen molar-refractivity contribution >= 4 is 5.95 Å². The summed E-state index contributed by atoms with van der Waals surface area (Å²) >= 11 is 0. The first kappa shape index (κ1) is 14.5. The van der Waals surface area contributed by atoms with Gasteiger partial charge in [-0.25, -0.2) is 9.37 Å². The number of rotatable bonds is 5. The summed E-state index contributed by atoms with van der Waals surface area (Å²) in [6.07, 6.45) is 1.87. The van der Waals surface area contributed by atoms with Gasteiger partial charge >= 0.3 is 0 Å². The molecule has 0 radical (unpaired) electrons. The fourth-order valence-electron chi connectivity index (χ4n) is 2.14. The van der Waals surface area contributed by atoms with Crippen LogP contribution in [0.2, 0.25) is 0 Å². The van der Waals surface area contributed by atoms with Crippen LogP contribution in [0.5, 0.6) is 0 Å². The van der Waals surface area contributed by atoms with Gasteiger partial charge in [0.2, 0.25) is 5.95 Å². The summed E-state index contributed by atoms with van der Waals surface area (Å²) in [4.78, 5) is 6.36. The van der Waals surface area contributed by atoms with Gasteiger partial charge in [0.1, 0.15) is 5.82 Å². The Labute approximate surface area is 119 Å². The predicted octanol–water partition coefficient (Wildman–Crippen LogP) is 2.48. The molecule has 0 spiro atoms. The van der Waals surface area contributed by atoms with Crippen molar-refractivity contribution in [3.05, 3.63) is 47.5 Å². The summed E-state index contributed by atoms with van der Waals surface area (Å²) in [5, 5.41) is 3.43. The van der Waals surface area contributed by atoms with Crippen molar-refractivity contribution in [3.63, 3.8) is 0 Å². The molecule has 0 aliphatic rings. The zero-order valence-corrected chi connectivity index (χ0v) is 12.4. The molecule has 2 aromatic rings. The standard InChI is InChI=1S/C15H21FN4/c1-11(12-5-7-13(16)8-6-12)17-9-14-10-18-15(19(2)3)20(14)4/h5-8,10-11,17H,9H2,1-4H3/t11-/m1/s1. The maximum atomic E-state index is 12.9. The van der Waals surface area contributed by atoms with Crippen LogP contribution in [-0.4, -0.2) is 23.6 Å². The van der Waals surface area contributed by atoms with E-state index in [1.54, 1.807) is 0 Å². The molecular weight excluding hydrogens is 255 g/mol. The van der Waals surface area contributed by atoms with Gasteiger partial charge in [0.25, 0.3) is 0 Å². The van der Waals surface area contributed by atoms with E-state index in [4.69, 9.17) is 0 Å². The summed E-state index contributed by atoms with van der Waals surface area (Å²) < 4.78 is 15.0. The number of hydrogen-bond acceptors (Lipinski definition) is 3. The van der Waals surface area contributed by atoms with Gasteiger partial charge < -0.3 is 14.8 Å². The SMILES string of the molecule is C[C@@H](NCc1cnc(N(C)C)n1C)c1ccc(F)cc1. The van der Waals surface area contributed by atoms with Gasteiger partial charge in [0, 0.05) is 33.7 Å². The van der Waals surface area contributed by atoms with Crippen LogP contribution in [0.4, 0.5) is 10.3 Å². The molecule has 0 aliphatic carbocycles. The van der Waals surface area contributed by atoms with Crippen molar-refractivity contribution in [2.75, 3.05) is 19.0 Å². The minimum Gasteiger partial charge on any atom is -0.348 e. The summed E-state index contributed by atoms with van der Waals surface area (Å²) in [5.74, 6) is 0.722. The molecule has 0 bridgehead atoms. The smallest absolute Gasteiger partial charge is 0.204 e. The minimum absolute atomic E-state index is 0.160. The highest BCUT2D eigenvalue weighted by molar-refractivity contribution is 5.31. The Hall–Kier alpha value is -1.88. The zero-order valence-electron chi connectivity index (χ0n) is 12.4. The number of halogens is 1. The highest BCUT2D eigenvalue weighted by atomic mass is 19.1. The fourth-order valence-corrected chi connectivity index (χ4v) is 2.14. The highest BCUT2D eigenvalue weighted by Gasteiger charge is 2.10. The molecule has 5 heteroatoms. The molecule has 0 saturated heterocycles. The van der Waals surface area contributed by atoms with Crippen LogP contribution in [0.1, 0.15) is 24.2 Å². The first-order valence-electron chi connectivity index (χ1n) is 6.66. The van der Waals surface area contributed by atoms with Crippen LogP contribution in [0.3, 0.4) is 0 Å². The Kier molecular flexibility index (Phi) is 4.39. The van der Waals surface area contributed by atoms with Crippen molar-refractivity contribution in [3.8, 4) is 0 Å². The molecule has 1 atom stereocenters. The first-order valence-corrected chi connectivity index (χ1v) is 6.66. The first-order chi connectivity index (χ1) is 9.49. The van der Waals surface area contributed by atoms with Gasteiger partial charge in [-0.2, -0.15) is 0 Å². The average molecular weight is 276 g/mol. The van der Waals surface area contributed by atoms with Crippen molar-refractivity contribution < 1.29 is 4.39 Å². The molecule has 2 rings (SSSR count). The van der Waals surface area contributed by atoms with E-state index in [-0.39, 0.29) is 11.9 Å². The zero-order chi connectivity index (χ0) is 14.7. The number of aromatic nitrogens is 2. The van der Waals surface area contributed by atoms with E-state index < -0.39 is 0 Å². The van der Waals surface area contributed by atoms with E-state index in [1.165, 1.54) is 12.1 Å². The summed E-state index contributed by atoms with van der Waals surface area (Å²) in [6, 6.07) is 6.75. The van der Waals surface area contributed by atoms with Crippen molar-refractivity contribution in [1.82, 2.24) is 14.9 Å². The molecule has 0 aliphatic heterocycles. The Morgan fingerprint density at radius 3 is 2.50 bits per heavy atom. The van der Waals surface area contributed by atoms with Gasteiger partial charge in [0.15, 0.2) is 0 Å². The van der Waals surface area contributed by atoms with Gasteiger partial charge in [-0.05, 0) is 24.6 Å². The molecule has 1 aromatic heterocycles. The number of nitrogens with zero attached hydrogens (tertiary/aromatic N) is 3. The summed E-state index contributed by atoms with van der Waals surface area (Å²) in [5.41, 5.74) is 2.18. The molecule has 0 saturated carbocycles. The lowest BCUT2D eigenvalue weighted by molar-refractivity contribution is 0.555. The number of nitrogens with one attached hydrogen (secondary N) is 1. The van der Waals surface area contributed by atoms with Crippen LogP contribution >= 0.6 is 0 Å². The maximum Gasteiger partial charge on any atom is 0.204 e. The highest BCUT2D eigenvalue weighted by Crippen LogP contribution is 2.15. The molecule has 1 heterocycles. The van der Waals surface area contributed by atoms with Gasteiger partial charge in [-0.1, -0.05) is 12.1 Å². The second kappa shape index (κ2) is 6.05. The van der Waals surface area contributed by atoms with Crippen molar-refractivity contribution in [1.29, 1.82) is 0 Å². The largest absolute Gasteiger partial charge is 0.348 e. The Balaban J connectivity index is 2.00. The molecule has 0 unspecified atom stereocenters. The van der Waals surface area contributed by atoms with Crippen molar-refractivity contribution in [2.45, 2.75) is 19.5 Å². The number of benzene rings is 1. The van der Waals surface area contributed by atoms with Crippen LogP contribution in [0.25, 0.3) is 0 Å². The fraction of sp³-hybridized carbons (Fsp3) is 0.400. The predicted molar refractivity (Wildman–Crippen MR) is 79.2 cm³/mol. The number of hydrogen-bond donors (Lipinski definition) is 1. The topological polar surface area (TPSA) is 33.1 Å². The van der Waals surface area contributed by atoms with Gasteiger partial charge in [-0.15, -0.1) is 0 Å². The molecular formula is C15H21FN4. The van der Waals surface area contributed by atoms with E-state index >= 15 is 0 Å². The van der Waals surface area contributed by atoms with Crippen LogP contribution in [0, 0.1) is 5.82 Å². The third kappa shape index (κ3) is 3.17. The summed E-state index contributed by atoms with van der Waals surface area (Å²) in [7, 11) is 5.95. The molecule has 0 fully saturated rings. The van der Waals surface area contributed by atoms with Crippen LogP contribution < -0.4 is 10.2 Å². The molecule has 108 valence electrons. The third-order valence-corrected chi connectivity index (χ3v) is 3.42. The van der Waals surface area contributed by atoms with E-state index in [0.717, 1.165) is 23.8 Å². The monoisotopic (exact) mass is 276 g/mol. The van der Waals surface area contributed by atoms with Gasteiger partial charge in [0.05, 0.1) is 11.9 Å². The normalized spacial score (nSPS) is 12.4. The molecule has 1 aromatic carbocycles. The Morgan fingerprint density at radius 1 is 1.30 bits per heavy atom. The second-order valence-electron chi connectivity index (χ2n) is 5.16. The average Bonchev–Trinajstić information content (AvgIpc) is 2.78. The lowest BCUT2D eigenvalue weighted by atomic mass is 10.1. The van der Waals surface area contributed by atoms with E-state index in [1.807, 2.05) is 44.4 Å². The molecule has 20 heavy (non-hydrogen) atoms. The number of anilines is 1. The van der Waals surface area contributed by atoms with Crippen molar-refractivity contribution in [2.24, 2.45) is 7.05 Å². The molecule has 4 nitrogen and oxygen atoms in total. The minimum atomic E-state index is -0.205.